The van der Waals surface area contributed by atoms with Crippen LogP contribution >= 0.6 is 11.6 Å². The summed E-state index contributed by atoms with van der Waals surface area (Å²) in [7, 11) is 0. The van der Waals surface area contributed by atoms with Crippen molar-refractivity contribution in [2.24, 2.45) is 0 Å². The van der Waals surface area contributed by atoms with Crippen LogP contribution in [0.25, 0.3) is 0 Å². The first-order valence-corrected chi connectivity index (χ1v) is 6.35. The van der Waals surface area contributed by atoms with Crippen LogP contribution < -0.4 is 0 Å². The molecule has 0 spiro atoms. The highest BCUT2D eigenvalue weighted by atomic mass is 35.5. The molecule has 15 heavy (non-hydrogen) atoms. The lowest BCUT2D eigenvalue weighted by atomic mass is 10.0. The monoisotopic (exact) mass is 229 g/mol. The Morgan fingerprint density at radius 3 is 2.93 bits per heavy atom. The summed E-state index contributed by atoms with van der Waals surface area (Å²) in [4.78, 5) is 13.6. The highest BCUT2D eigenvalue weighted by Gasteiger charge is 2.21. The zero-order valence-electron chi connectivity index (χ0n) is 9.42. The Labute approximate surface area is 97.3 Å². The largest absolute Gasteiger partial charge is 0.335 e. The molecule has 1 amide bonds. The number of rotatable bonds is 5. The van der Waals surface area contributed by atoms with Gasteiger partial charge in [-0.05, 0) is 25.7 Å². The molecule has 0 radical (unpaired) electrons. The van der Waals surface area contributed by atoms with Crippen LogP contribution in [0.4, 0.5) is 0 Å². The molecule has 0 aromatic carbocycles. The fourth-order valence-corrected chi connectivity index (χ4v) is 2.09. The van der Waals surface area contributed by atoms with Gasteiger partial charge in [-0.1, -0.05) is 25.5 Å². The van der Waals surface area contributed by atoms with Gasteiger partial charge in [0, 0.05) is 12.6 Å². The molecule has 0 saturated heterocycles. The van der Waals surface area contributed by atoms with Crippen molar-refractivity contribution in [3.05, 3.63) is 12.2 Å². The van der Waals surface area contributed by atoms with Crippen LogP contribution in [-0.4, -0.2) is 29.3 Å². The van der Waals surface area contributed by atoms with Crippen molar-refractivity contribution in [2.45, 2.75) is 45.1 Å². The zero-order valence-corrected chi connectivity index (χ0v) is 10.2. The highest BCUT2D eigenvalue weighted by Crippen LogP contribution is 2.17. The Morgan fingerprint density at radius 1 is 1.60 bits per heavy atom. The first-order valence-electron chi connectivity index (χ1n) is 5.81. The minimum Gasteiger partial charge on any atom is -0.335 e. The zero-order chi connectivity index (χ0) is 11.1. The van der Waals surface area contributed by atoms with Gasteiger partial charge in [-0.3, -0.25) is 4.79 Å². The lowest BCUT2D eigenvalue weighted by Crippen LogP contribution is -2.41. The van der Waals surface area contributed by atoms with Crippen molar-refractivity contribution in [1.82, 2.24) is 4.90 Å². The molecule has 1 unspecified atom stereocenters. The maximum absolute atomic E-state index is 11.7. The fraction of sp³-hybridized carbons (Fsp3) is 0.750. The first kappa shape index (κ1) is 12.6. The normalized spacial score (nSPS) is 20.3. The van der Waals surface area contributed by atoms with Crippen molar-refractivity contribution < 1.29 is 4.79 Å². The van der Waals surface area contributed by atoms with Gasteiger partial charge in [0.25, 0.3) is 0 Å². The number of halogens is 1. The molecular weight excluding hydrogens is 210 g/mol. The third-order valence-electron chi connectivity index (χ3n) is 2.82. The number of unbranched alkanes of at least 4 members (excludes halogenated alkanes) is 1. The maximum atomic E-state index is 11.7. The average Bonchev–Trinajstić information content (AvgIpc) is 2.30. The summed E-state index contributed by atoms with van der Waals surface area (Å²) in [6, 6.07) is 0.288. The standard InChI is InChI=1S/C12H20ClNO/c1-2-3-9-14(12(15)10-13)11-7-5-4-6-8-11/h5,7,11H,2-4,6,8-10H2,1H3. The van der Waals surface area contributed by atoms with Gasteiger partial charge in [0.1, 0.15) is 5.88 Å². The van der Waals surface area contributed by atoms with Gasteiger partial charge in [0.2, 0.25) is 5.91 Å². The molecule has 0 aromatic rings. The SMILES string of the molecule is CCCCN(C(=O)CCl)C1C=CCCC1. The second-order valence-corrected chi connectivity index (χ2v) is 4.27. The van der Waals surface area contributed by atoms with Crippen LogP contribution in [0.2, 0.25) is 0 Å². The van der Waals surface area contributed by atoms with E-state index < -0.39 is 0 Å². The number of hydrogen-bond acceptors (Lipinski definition) is 1. The highest BCUT2D eigenvalue weighted by molar-refractivity contribution is 6.27. The Bertz CT molecular complexity index is 228. The lowest BCUT2D eigenvalue weighted by molar-refractivity contribution is -0.130. The molecule has 2 nitrogen and oxygen atoms in total. The molecule has 0 fully saturated rings. The van der Waals surface area contributed by atoms with Crippen molar-refractivity contribution in [3.8, 4) is 0 Å². The molecule has 0 N–H and O–H groups in total. The van der Waals surface area contributed by atoms with Gasteiger partial charge < -0.3 is 4.90 Å². The van der Waals surface area contributed by atoms with Crippen molar-refractivity contribution in [2.75, 3.05) is 12.4 Å². The predicted octanol–water partition coefficient (Wildman–Crippen LogP) is 2.96. The van der Waals surface area contributed by atoms with Gasteiger partial charge in [-0.15, -0.1) is 11.6 Å². The van der Waals surface area contributed by atoms with Gasteiger partial charge in [0.05, 0.1) is 0 Å². The van der Waals surface area contributed by atoms with Crippen molar-refractivity contribution in [3.63, 3.8) is 0 Å². The van der Waals surface area contributed by atoms with Crippen LogP contribution in [0.15, 0.2) is 12.2 Å². The summed E-state index contributed by atoms with van der Waals surface area (Å²) < 4.78 is 0. The van der Waals surface area contributed by atoms with E-state index in [2.05, 4.69) is 19.1 Å². The van der Waals surface area contributed by atoms with Crippen LogP contribution in [0.1, 0.15) is 39.0 Å². The molecule has 0 aliphatic heterocycles. The fourth-order valence-electron chi connectivity index (χ4n) is 1.93. The number of allylic oxidation sites excluding steroid dienone is 1. The van der Waals surface area contributed by atoms with Crippen LogP contribution in [0.3, 0.4) is 0 Å². The molecule has 3 heteroatoms. The van der Waals surface area contributed by atoms with E-state index in [0.29, 0.717) is 0 Å². The average molecular weight is 230 g/mol. The van der Waals surface area contributed by atoms with Gasteiger partial charge in [0.15, 0.2) is 0 Å². The molecule has 0 saturated carbocycles. The van der Waals surface area contributed by atoms with E-state index >= 15 is 0 Å². The Morgan fingerprint density at radius 2 is 2.40 bits per heavy atom. The summed E-state index contributed by atoms with van der Waals surface area (Å²) >= 11 is 5.63. The van der Waals surface area contributed by atoms with E-state index in [1.54, 1.807) is 0 Å². The first-order chi connectivity index (χ1) is 7.29. The van der Waals surface area contributed by atoms with Crippen LogP contribution in [-0.2, 0) is 4.79 Å². The van der Waals surface area contributed by atoms with Gasteiger partial charge in [-0.25, -0.2) is 0 Å². The number of carbonyl (C=O) groups excluding carboxylic acids is 1. The summed E-state index contributed by atoms with van der Waals surface area (Å²) in [6.07, 6.45) is 9.92. The van der Waals surface area contributed by atoms with E-state index in [1.165, 1.54) is 6.42 Å². The summed E-state index contributed by atoms with van der Waals surface area (Å²) in [5.74, 6) is 0.176. The van der Waals surface area contributed by atoms with Crippen molar-refractivity contribution >= 4 is 17.5 Å². The summed E-state index contributed by atoms with van der Waals surface area (Å²) in [6.45, 7) is 2.98. The second kappa shape index (κ2) is 6.89. The maximum Gasteiger partial charge on any atom is 0.237 e. The minimum absolute atomic E-state index is 0.0710. The molecule has 1 atom stereocenters. The Hall–Kier alpha value is -0.500. The second-order valence-electron chi connectivity index (χ2n) is 4.00. The minimum atomic E-state index is 0.0710. The summed E-state index contributed by atoms with van der Waals surface area (Å²) in [5, 5.41) is 0. The number of nitrogens with zero attached hydrogens (tertiary/aromatic N) is 1. The molecular formula is C12H20ClNO. The van der Waals surface area contributed by atoms with E-state index in [4.69, 9.17) is 11.6 Å². The number of hydrogen-bond donors (Lipinski definition) is 0. The molecule has 1 aliphatic carbocycles. The molecule has 1 rings (SSSR count). The number of carbonyl (C=O) groups is 1. The van der Waals surface area contributed by atoms with Crippen LogP contribution in [0.5, 0.6) is 0 Å². The molecule has 0 bridgehead atoms. The quantitative estimate of drug-likeness (QED) is 0.524. The predicted molar refractivity (Wildman–Crippen MR) is 64.1 cm³/mol. The smallest absolute Gasteiger partial charge is 0.237 e. The van der Waals surface area contributed by atoms with E-state index in [1.807, 2.05) is 4.90 Å². The van der Waals surface area contributed by atoms with Crippen LogP contribution in [0, 0.1) is 0 Å². The van der Waals surface area contributed by atoms with E-state index in [-0.39, 0.29) is 17.8 Å². The topological polar surface area (TPSA) is 20.3 Å². The van der Waals surface area contributed by atoms with E-state index in [9.17, 15) is 4.79 Å². The third-order valence-corrected chi connectivity index (χ3v) is 3.05. The lowest BCUT2D eigenvalue weighted by Gasteiger charge is -2.31. The molecule has 1 aliphatic rings. The third kappa shape index (κ3) is 3.86. The van der Waals surface area contributed by atoms with Gasteiger partial charge in [-0.2, -0.15) is 0 Å². The Balaban J connectivity index is 2.57. The molecule has 0 aromatic heterocycles. The molecule has 86 valence electrons. The number of alkyl halides is 1. The Kier molecular flexibility index (Phi) is 5.77. The summed E-state index contributed by atoms with van der Waals surface area (Å²) in [5.41, 5.74) is 0. The van der Waals surface area contributed by atoms with Gasteiger partial charge >= 0.3 is 0 Å². The number of amides is 1. The molecule has 0 heterocycles. The van der Waals surface area contributed by atoms with Crippen molar-refractivity contribution in [1.29, 1.82) is 0 Å². The van der Waals surface area contributed by atoms with E-state index in [0.717, 1.165) is 32.2 Å².